The van der Waals surface area contributed by atoms with E-state index in [1.807, 2.05) is 0 Å². The van der Waals surface area contributed by atoms with E-state index in [0.29, 0.717) is 0 Å². The van der Waals surface area contributed by atoms with Gasteiger partial charge >= 0.3 is 0 Å². The van der Waals surface area contributed by atoms with Crippen LogP contribution in [0.3, 0.4) is 0 Å². The normalized spacial score (nSPS) is 13.2. The lowest BCUT2D eigenvalue weighted by atomic mass is 9.82. The molecule has 0 heterocycles. The molecule has 0 bridgehead atoms. The van der Waals surface area contributed by atoms with Crippen molar-refractivity contribution in [1.82, 2.24) is 0 Å². The second-order valence-electron chi connectivity index (χ2n) is 11.2. The van der Waals surface area contributed by atoms with Gasteiger partial charge in [0.15, 0.2) is 0 Å². The predicted molar refractivity (Wildman–Crippen MR) is 166 cm³/mol. The molecule has 0 amide bonds. The summed E-state index contributed by atoms with van der Waals surface area (Å²) in [5.74, 6) is 0. The van der Waals surface area contributed by atoms with E-state index in [1.54, 1.807) is 0 Å². The van der Waals surface area contributed by atoms with Crippen molar-refractivity contribution < 1.29 is 0 Å². The van der Waals surface area contributed by atoms with Crippen molar-refractivity contribution in [2.45, 2.75) is 26.2 Å². The summed E-state index contributed by atoms with van der Waals surface area (Å²) in [4.78, 5) is 2.42. The molecule has 1 heteroatoms. The highest BCUT2D eigenvalue weighted by Crippen LogP contribution is 2.51. The Morgan fingerprint density at radius 3 is 1.92 bits per heavy atom. The van der Waals surface area contributed by atoms with Crippen LogP contribution in [0.4, 0.5) is 17.1 Å². The fourth-order valence-electron chi connectivity index (χ4n) is 6.24. The smallest absolute Gasteiger partial charge is 0.0540 e. The lowest BCUT2D eigenvalue weighted by molar-refractivity contribution is 0.660. The zero-order chi connectivity index (χ0) is 26.6. The summed E-state index contributed by atoms with van der Waals surface area (Å²) < 4.78 is 0. The molecule has 1 aliphatic rings. The Bertz CT molecular complexity index is 1820. The van der Waals surface area contributed by atoms with Crippen LogP contribution in [0.25, 0.3) is 33.0 Å². The third kappa shape index (κ3) is 3.85. The van der Waals surface area contributed by atoms with E-state index in [2.05, 4.69) is 159 Å². The molecule has 6 aromatic rings. The van der Waals surface area contributed by atoms with Gasteiger partial charge in [-0.15, -0.1) is 0 Å². The van der Waals surface area contributed by atoms with Gasteiger partial charge in [0.1, 0.15) is 0 Å². The first kappa shape index (κ1) is 23.5. The van der Waals surface area contributed by atoms with Crippen LogP contribution in [-0.2, 0) is 5.41 Å². The number of hydrogen-bond donors (Lipinski definition) is 0. The van der Waals surface area contributed by atoms with Gasteiger partial charge in [0, 0.05) is 22.2 Å². The van der Waals surface area contributed by atoms with Gasteiger partial charge in [-0.3, -0.25) is 0 Å². The number of fused-ring (bicyclic) bond motifs is 4. The Balaban J connectivity index is 1.42. The van der Waals surface area contributed by atoms with E-state index in [-0.39, 0.29) is 5.41 Å². The van der Waals surface area contributed by atoms with Crippen LogP contribution in [0.2, 0.25) is 0 Å². The highest BCUT2D eigenvalue weighted by molar-refractivity contribution is 5.99. The Morgan fingerprint density at radius 1 is 0.513 bits per heavy atom. The molecule has 0 aliphatic heterocycles. The maximum Gasteiger partial charge on any atom is 0.0540 e. The highest BCUT2D eigenvalue weighted by atomic mass is 15.1. The van der Waals surface area contributed by atoms with Crippen molar-refractivity contribution in [1.29, 1.82) is 0 Å². The molecule has 0 spiro atoms. The summed E-state index contributed by atoms with van der Waals surface area (Å²) in [6.45, 7) is 6.90. The molecule has 1 nitrogen and oxygen atoms in total. The second-order valence-corrected chi connectivity index (χ2v) is 11.2. The van der Waals surface area contributed by atoms with E-state index < -0.39 is 0 Å². The van der Waals surface area contributed by atoms with Gasteiger partial charge in [-0.2, -0.15) is 0 Å². The van der Waals surface area contributed by atoms with Crippen LogP contribution in [0.15, 0.2) is 133 Å². The van der Waals surface area contributed by atoms with E-state index >= 15 is 0 Å². The van der Waals surface area contributed by atoms with Gasteiger partial charge in [-0.05, 0) is 76.0 Å². The SMILES string of the molecule is Cc1ccc2c(c1)C(C)(C)c1cc(N(c3ccc(-c4ccccc4)cc3)c3cccc4ccccc34)ccc1-2. The molecule has 0 N–H and O–H groups in total. The minimum Gasteiger partial charge on any atom is -0.310 e. The molecule has 0 unspecified atom stereocenters. The fourth-order valence-corrected chi connectivity index (χ4v) is 6.24. The van der Waals surface area contributed by atoms with Crippen molar-refractivity contribution in [3.05, 3.63) is 150 Å². The molecule has 0 fully saturated rings. The van der Waals surface area contributed by atoms with Crippen LogP contribution >= 0.6 is 0 Å². The lowest BCUT2D eigenvalue weighted by Gasteiger charge is -2.29. The van der Waals surface area contributed by atoms with E-state index in [9.17, 15) is 0 Å². The van der Waals surface area contributed by atoms with Crippen LogP contribution in [0, 0.1) is 6.92 Å². The summed E-state index contributed by atoms with van der Waals surface area (Å²) in [6, 6.07) is 48.7. The van der Waals surface area contributed by atoms with Crippen molar-refractivity contribution in [3.8, 4) is 22.3 Å². The van der Waals surface area contributed by atoms with Crippen LogP contribution in [0.5, 0.6) is 0 Å². The fraction of sp³-hybridized carbons (Fsp3) is 0.105. The molecule has 6 aromatic carbocycles. The maximum absolute atomic E-state index is 2.42. The van der Waals surface area contributed by atoms with Crippen molar-refractivity contribution in [3.63, 3.8) is 0 Å². The average molecular weight is 502 g/mol. The Hall–Kier alpha value is -4.62. The van der Waals surface area contributed by atoms with Gasteiger partial charge < -0.3 is 4.90 Å². The van der Waals surface area contributed by atoms with E-state index in [1.165, 1.54) is 61.1 Å². The van der Waals surface area contributed by atoms with E-state index in [4.69, 9.17) is 0 Å². The monoisotopic (exact) mass is 501 g/mol. The minimum absolute atomic E-state index is 0.0612. The maximum atomic E-state index is 2.42. The minimum atomic E-state index is -0.0612. The first-order valence-corrected chi connectivity index (χ1v) is 13.7. The largest absolute Gasteiger partial charge is 0.310 e. The number of hydrogen-bond acceptors (Lipinski definition) is 1. The Labute approximate surface area is 231 Å². The topological polar surface area (TPSA) is 3.24 Å². The molecule has 1 aliphatic carbocycles. The molecular weight excluding hydrogens is 470 g/mol. The number of anilines is 3. The summed E-state index contributed by atoms with van der Waals surface area (Å²) in [5, 5.41) is 2.48. The van der Waals surface area contributed by atoms with Crippen LogP contribution < -0.4 is 4.90 Å². The van der Waals surface area contributed by atoms with Gasteiger partial charge in [0.25, 0.3) is 0 Å². The standard InChI is InChI=1S/C38H31N/c1-26-16-22-33-34-23-21-31(25-36(34)38(2,3)35(33)24-26)39(37-15-9-13-29-12-7-8-14-32(29)37)30-19-17-28(18-20-30)27-10-5-4-6-11-27/h4-25H,1-3H3. The van der Waals surface area contributed by atoms with Gasteiger partial charge in [-0.1, -0.05) is 123 Å². The molecule has 0 atom stereocenters. The van der Waals surface area contributed by atoms with Crippen molar-refractivity contribution in [2.75, 3.05) is 4.90 Å². The molecule has 0 saturated carbocycles. The summed E-state index contributed by atoms with van der Waals surface area (Å²) in [5.41, 5.74) is 12.7. The average Bonchev–Trinajstić information content (AvgIpc) is 3.19. The molecule has 7 rings (SSSR count). The molecule has 0 radical (unpaired) electrons. The number of aryl methyl sites for hydroxylation is 1. The quantitative estimate of drug-likeness (QED) is 0.232. The molecule has 39 heavy (non-hydrogen) atoms. The van der Waals surface area contributed by atoms with Gasteiger partial charge in [0.05, 0.1) is 5.69 Å². The molecule has 0 saturated heterocycles. The van der Waals surface area contributed by atoms with Gasteiger partial charge in [0.2, 0.25) is 0 Å². The number of rotatable bonds is 4. The highest BCUT2D eigenvalue weighted by Gasteiger charge is 2.36. The van der Waals surface area contributed by atoms with Crippen LogP contribution in [-0.4, -0.2) is 0 Å². The number of benzene rings is 6. The van der Waals surface area contributed by atoms with Crippen LogP contribution in [0.1, 0.15) is 30.5 Å². The lowest BCUT2D eigenvalue weighted by Crippen LogP contribution is -2.16. The zero-order valence-electron chi connectivity index (χ0n) is 22.6. The third-order valence-electron chi connectivity index (χ3n) is 8.31. The van der Waals surface area contributed by atoms with E-state index in [0.717, 1.165) is 5.69 Å². The van der Waals surface area contributed by atoms with Gasteiger partial charge in [-0.25, -0.2) is 0 Å². The summed E-state index contributed by atoms with van der Waals surface area (Å²) in [6.07, 6.45) is 0. The zero-order valence-corrected chi connectivity index (χ0v) is 22.6. The van der Waals surface area contributed by atoms with Crippen molar-refractivity contribution >= 4 is 27.8 Å². The predicted octanol–water partition coefficient (Wildman–Crippen LogP) is 10.6. The second kappa shape index (κ2) is 8.99. The third-order valence-corrected chi connectivity index (χ3v) is 8.31. The number of nitrogens with zero attached hydrogens (tertiary/aromatic N) is 1. The van der Waals surface area contributed by atoms with Crippen molar-refractivity contribution in [2.24, 2.45) is 0 Å². The first-order chi connectivity index (χ1) is 19.0. The first-order valence-electron chi connectivity index (χ1n) is 13.7. The summed E-state index contributed by atoms with van der Waals surface area (Å²) >= 11 is 0. The Morgan fingerprint density at radius 2 is 1.13 bits per heavy atom. The molecular formula is C38H31N. The molecule has 188 valence electrons. The Kier molecular flexibility index (Phi) is 5.42. The molecule has 0 aromatic heterocycles. The summed E-state index contributed by atoms with van der Waals surface area (Å²) in [7, 11) is 0.